The van der Waals surface area contributed by atoms with Crippen LogP contribution < -0.4 is 11.3 Å². The van der Waals surface area contributed by atoms with Crippen molar-refractivity contribution >= 4 is 23.5 Å². The first kappa shape index (κ1) is 15.2. The second kappa shape index (κ2) is 7.53. The normalized spacial score (nSPS) is 25.2. The van der Waals surface area contributed by atoms with Crippen LogP contribution in [0.5, 0.6) is 0 Å². The van der Waals surface area contributed by atoms with Crippen LogP contribution in [0, 0.1) is 5.82 Å². The van der Waals surface area contributed by atoms with E-state index in [2.05, 4.69) is 12.3 Å². The van der Waals surface area contributed by atoms with Gasteiger partial charge in [0.05, 0.1) is 0 Å². The topological polar surface area (TPSA) is 38.0 Å². The van der Waals surface area contributed by atoms with Gasteiger partial charge in [0, 0.05) is 28.0 Å². The first-order valence-electron chi connectivity index (χ1n) is 6.69. The number of hydrogen-bond donors (Lipinski definition) is 2. The highest BCUT2D eigenvalue weighted by molar-refractivity contribution is 8.07. The summed E-state index contributed by atoms with van der Waals surface area (Å²) in [5.74, 6) is 7.95. The minimum atomic E-state index is -0.135. The summed E-state index contributed by atoms with van der Waals surface area (Å²) in [5.41, 5.74) is 3.66. The van der Waals surface area contributed by atoms with Gasteiger partial charge in [-0.2, -0.15) is 23.5 Å². The van der Waals surface area contributed by atoms with Crippen LogP contribution in [0.1, 0.15) is 18.9 Å². The third-order valence-electron chi connectivity index (χ3n) is 3.50. The Bertz CT molecular complexity index is 403. The van der Waals surface area contributed by atoms with Crippen LogP contribution >= 0.6 is 23.5 Å². The van der Waals surface area contributed by atoms with E-state index in [0.717, 1.165) is 17.7 Å². The van der Waals surface area contributed by atoms with Gasteiger partial charge in [0.25, 0.3) is 0 Å². The summed E-state index contributed by atoms with van der Waals surface area (Å²) in [6.45, 7) is 2.22. The van der Waals surface area contributed by atoms with Gasteiger partial charge in [-0.15, -0.1) is 0 Å². The van der Waals surface area contributed by atoms with E-state index in [1.807, 2.05) is 35.7 Å². The smallest absolute Gasteiger partial charge is 0.126 e. The molecule has 1 aliphatic heterocycles. The Labute approximate surface area is 123 Å². The van der Waals surface area contributed by atoms with E-state index in [-0.39, 0.29) is 11.9 Å². The second-order valence-corrected chi connectivity index (χ2v) is 7.35. The van der Waals surface area contributed by atoms with E-state index >= 15 is 0 Å². The fourth-order valence-electron chi connectivity index (χ4n) is 2.48. The van der Waals surface area contributed by atoms with Gasteiger partial charge in [-0.1, -0.05) is 25.1 Å². The zero-order valence-corrected chi connectivity index (χ0v) is 12.8. The standard InChI is InChI=1S/C14H21FN2S2/c1-2-13-14(19-8-7-18-13)12(17-16)9-10-5-3-4-6-11(10)15/h3-6,12-14,17H,2,7-9,16H2,1H3. The summed E-state index contributed by atoms with van der Waals surface area (Å²) in [6.07, 6.45) is 1.79. The molecular formula is C14H21FN2S2. The van der Waals surface area contributed by atoms with E-state index in [1.54, 1.807) is 6.07 Å². The molecule has 3 atom stereocenters. The highest BCUT2D eigenvalue weighted by atomic mass is 32.2. The molecule has 2 rings (SSSR count). The fraction of sp³-hybridized carbons (Fsp3) is 0.571. The summed E-state index contributed by atoms with van der Waals surface area (Å²) in [4.78, 5) is 0. The molecule has 0 saturated carbocycles. The van der Waals surface area contributed by atoms with E-state index in [9.17, 15) is 4.39 Å². The number of hydrogen-bond acceptors (Lipinski definition) is 4. The molecule has 3 N–H and O–H groups in total. The van der Waals surface area contributed by atoms with Crippen LogP contribution in [0.15, 0.2) is 24.3 Å². The Kier molecular flexibility index (Phi) is 6.01. The minimum Gasteiger partial charge on any atom is -0.271 e. The molecule has 2 nitrogen and oxygen atoms in total. The SMILES string of the molecule is CCC1SCCSC1C(Cc1ccccc1F)NN. The minimum absolute atomic E-state index is 0.125. The van der Waals surface area contributed by atoms with Crippen LogP contribution in [0.4, 0.5) is 4.39 Å². The monoisotopic (exact) mass is 300 g/mol. The largest absolute Gasteiger partial charge is 0.271 e. The highest BCUT2D eigenvalue weighted by Gasteiger charge is 2.31. The van der Waals surface area contributed by atoms with Crippen LogP contribution in [0.25, 0.3) is 0 Å². The van der Waals surface area contributed by atoms with Gasteiger partial charge in [-0.05, 0) is 24.5 Å². The molecule has 106 valence electrons. The molecule has 1 aromatic rings. The Morgan fingerprint density at radius 3 is 2.79 bits per heavy atom. The van der Waals surface area contributed by atoms with Gasteiger partial charge < -0.3 is 0 Å². The van der Waals surface area contributed by atoms with E-state index in [1.165, 1.54) is 11.8 Å². The lowest BCUT2D eigenvalue weighted by molar-refractivity contribution is 0.479. The van der Waals surface area contributed by atoms with Crippen LogP contribution in [-0.2, 0) is 6.42 Å². The number of rotatable bonds is 5. The average Bonchev–Trinajstić information content (AvgIpc) is 2.46. The Hall–Kier alpha value is -0.230. The molecule has 1 fully saturated rings. The first-order chi connectivity index (χ1) is 9.26. The number of benzene rings is 1. The van der Waals surface area contributed by atoms with Gasteiger partial charge in [-0.3, -0.25) is 11.3 Å². The molecule has 3 unspecified atom stereocenters. The van der Waals surface area contributed by atoms with Crippen molar-refractivity contribution in [3.63, 3.8) is 0 Å². The molecule has 0 radical (unpaired) electrons. The van der Waals surface area contributed by atoms with Crippen molar-refractivity contribution < 1.29 is 4.39 Å². The summed E-state index contributed by atoms with van der Waals surface area (Å²) in [6, 6.07) is 7.10. The quantitative estimate of drug-likeness (QED) is 0.648. The Morgan fingerprint density at radius 1 is 1.37 bits per heavy atom. The zero-order chi connectivity index (χ0) is 13.7. The third-order valence-corrected chi connectivity index (χ3v) is 6.91. The van der Waals surface area contributed by atoms with E-state index in [4.69, 9.17) is 5.84 Å². The fourth-order valence-corrected chi connectivity index (χ4v) is 5.73. The molecular weight excluding hydrogens is 279 g/mol. The first-order valence-corrected chi connectivity index (χ1v) is 8.78. The molecule has 0 aliphatic carbocycles. The van der Waals surface area contributed by atoms with Crippen molar-refractivity contribution in [3.8, 4) is 0 Å². The molecule has 19 heavy (non-hydrogen) atoms. The number of halogens is 1. The number of thioether (sulfide) groups is 2. The van der Waals surface area contributed by atoms with Crippen molar-refractivity contribution in [1.29, 1.82) is 0 Å². The predicted octanol–water partition coefficient (Wildman–Crippen LogP) is 2.83. The molecule has 1 aromatic carbocycles. The molecule has 1 heterocycles. The maximum Gasteiger partial charge on any atom is 0.126 e. The van der Waals surface area contributed by atoms with Gasteiger partial charge in [-0.25, -0.2) is 4.39 Å². The van der Waals surface area contributed by atoms with Gasteiger partial charge in [0.15, 0.2) is 0 Å². The Balaban J connectivity index is 2.08. The summed E-state index contributed by atoms with van der Waals surface area (Å²) < 4.78 is 13.8. The molecule has 1 aliphatic rings. The van der Waals surface area contributed by atoms with E-state index < -0.39 is 0 Å². The summed E-state index contributed by atoms with van der Waals surface area (Å²) >= 11 is 3.99. The lowest BCUT2D eigenvalue weighted by Crippen LogP contribution is -2.49. The number of nitrogens with two attached hydrogens (primary N) is 1. The second-order valence-electron chi connectivity index (χ2n) is 4.72. The average molecular weight is 300 g/mol. The lowest BCUT2D eigenvalue weighted by atomic mass is 10.0. The molecule has 0 aromatic heterocycles. The third kappa shape index (κ3) is 3.88. The van der Waals surface area contributed by atoms with Gasteiger partial charge in [0.2, 0.25) is 0 Å². The highest BCUT2D eigenvalue weighted by Crippen LogP contribution is 2.35. The van der Waals surface area contributed by atoms with Gasteiger partial charge in [0.1, 0.15) is 5.82 Å². The summed E-state index contributed by atoms with van der Waals surface area (Å²) in [5, 5.41) is 1.06. The molecule has 0 amide bonds. The molecule has 1 saturated heterocycles. The molecule has 0 spiro atoms. The van der Waals surface area contributed by atoms with Gasteiger partial charge >= 0.3 is 0 Å². The van der Waals surface area contributed by atoms with Crippen molar-refractivity contribution in [1.82, 2.24) is 5.43 Å². The summed E-state index contributed by atoms with van der Waals surface area (Å²) in [7, 11) is 0. The zero-order valence-electron chi connectivity index (χ0n) is 11.1. The van der Waals surface area contributed by atoms with Crippen molar-refractivity contribution in [2.24, 2.45) is 5.84 Å². The van der Waals surface area contributed by atoms with Crippen molar-refractivity contribution in [2.75, 3.05) is 11.5 Å². The number of hydrazine groups is 1. The van der Waals surface area contributed by atoms with Crippen molar-refractivity contribution in [2.45, 2.75) is 36.3 Å². The molecule has 5 heteroatoms. The van der Waals surface area contributed by atoms with Crippen LogP contribution in [-0.4, -0.2) is 28.0 Å². The predicted molar refractivity (Wildman–Crippen MR) is 84.0 cm³/mol. The lowest BCUT2D eigenvalue weighted by Gasteiger charge is -2.35. The maximum absolute atomic E-state index is 13.8. The van der Waals surface area contributed by atoms with Crippen molar-refractivity contribution in [3.05, 3.63) is 35.6 Å². The number of nitrogens with one attached hydrogen (secondary N) is 1. The van der Waals surface area contributed by atoms with E-state index in [0.29, 0.717) is 16.9 Å². The van der Waals surface area contributed by atoms with Crippen LogP contribution in [0.2, 0.25) is 0 Å². The molecule has 0 bridgehead atoms. The Morgan fingerprint density at radius 2 is 2.11 bits per heavy atom. The maximum atomic E-state index is 13.8. The van der Waals surface area contributed by atoms with Crippen LogP contribution in [0.3, 0.4) is 0 Å².